The topological polar surface area (TPSA) is 105 Å². The predicted octanol–water partition coefficient (Wildman–Crippen LogP) is 2.19. The summed E-state index contributed by atoms with van der Waals surface area (Å²) >= 11 is 0. The highest BCUT2D eigenvalue weighted by molar-refractivity contribution is 7.92. The van der Waals surface area contributed by atoms with Crippen molar-refractivity contribution in [2.75, 3.05) is 44.8 Å². The third kappa shape index (κ3) is 6.83. The molecule has 0 aromatic heterocycles. The maximum Gasteiger partial charge on any atom is 0.257 e. The van der Waals surface area contributed by atoms with Crippen molar-refractivity contribution in [1.29, 1.82) is 0 Å². The molecule has 0 bridgehead atoms. The zero-order chi connectivity index (χ0) is 24.3. The Morgan fingerprint density at radius 2 is 1.94 bits per heavy atom. The van der Waals surface area contributed by atoms with Crippen molar-refractivity contribution in [2.24, 2.45) is 11.8 Å². The third-order valence-electron chi connectivity index (χ3n) is 6.23. The number of nitrogens with one attached hydrogen (secondary N) is 1. The molecule has 1 heterocycles. The van der Waals surface area contributed by atoms with Gasteiger partial charge in [0.2, 0.25) is 15.9 Å². The molecular weight excluding hydrogens is 446 g/mol. The van der Waals surface area contributed by atoms with Gasteiger partial charge in [0.1, 0.15) is 12.4 Å². The summed E-state index contributed by atoms with van der Waals surface area (Å²) < 4.78 is 37.5. The quantitative estimate of drug-likeness (QED) is 0.691. The highest BCUT2D eigenvalue weighted by Crippen LogP contribution is 2.33. The second kappa shape index (κ2) is 10.3. The molecule has 184 valence electrons. The average Bonchev–Trinajstić information content (AvgIpc) is 3.55. The molecule has 1 N–H and O–H groups in total. The first-order valence-electron chi connectivity index (χ1n) is 11.3. The van der Waals surface area contributed by atoms with Crippen LogP contribution < -0.4 is 9.46 Å². The summed E-state index contributed by atoms with van der Waals surface area (Å²) in [6, 6.07) is 4.41. The number of methoxy groups -OCH3 is 1. The zero-order valence-corrected chi connectivity index (χ0v) is 20.9. The van der Waals surface area contributed by atoms with Crippen molar-refractivity contribution in [3.05, 3.63) is 23.8 Å². The maximum absolute atomic E-state index is 13.3. The number of amides is 2. The lowest BCUT2D eigenvalue weighted by Crippen LogP contribution is -2.48. The Bertz CT molecular complexity index is 978. The number of sulfonamides is 1. The van der Waals surface area contributed by atoms with E-state index in [4.69, 9.17) is 9.47 Å². The zero-order valence-electron chi connectivity index (χ0n) is 20.0. The van der Waals surface area contributed by atoms with E-state index in [1.165, 1.54) is 6.07 Å². The summed E-state index contributed by atoms with van der Waals surface area (Å²) in [6.45, 7) is 5.01. The highest BCUT2D eigenvalue weighted by atomic mass is 32.2. The number of rotatable bonds is 5. The van der Waals surface area contributed by atoms with E-state index in [9.17, 15) is 18.0 Å². The number of carbonyl (C=O) groups is 2. The summed E-state index contributed by atoms with van der Waals surface area (Å²) in [7, 11) is -0.225. The molecule has 2 aliphatic rings. The Labute approximate surface area is 196 Å². The summed E-state index contributed by atoms with van der Waals surface area (Å²) in [4.78, 5) is 29.7. The van der Waals surface area contributed by atoms with Gasteiger partial charge in [-0.2, -0.15) is 0 Å². The molecule has 1 aromatic carbocycles. The van der Waals surface area contributed by atoms with Gasteiger partial charge in [0.15, 0.2) is 0 Å². The summed E-state index contributed by atoms with van der Waals surface area (Å²) in [5, 5.41) is 0. The van der Waals surface area contributed by atoms with Crippen LogP contribution in [0.4, 0.5) is 5.69 Å². The number of ether oxygens (including phenoxy) is 2. The van der Waals surface area contributed by atoms with E-state index in [-0.39, 0.29) is 47.7 Å². The molecule has 1 fully saturated rings. The number of carbonyl (C=O) groups excluding carboxylic acids is 2. The van der Waals surface area contributed by atoms with E-state index in [1.807, 2.05) is 18.7 Å². The standard InChI is InChI=1S/C23H35N3O6S/c1-15-12-26(22(27)10-17-6-7-17)16(2)14-32-20-9-8-18(24-33(5,29)30)11-19(20)23(28)25(3)13-21(15)31-4/h8-9,11,15-17,21,24H,6-7,10,12-14H2,1-5H3/t15-,16-,21+/m0/s1. The molecule has 0 unspecified atom stereocenters. The number of likely N-dealkylation sites (N-methyl/N-ethyl adjacent to an activating group) is 1. The minimum atomic E-state index is -3.51. The summed E-state index contributed by atoms with van der Waals surface area (Å²) in [6.07, 6.45) is 3.53. The number of nitrogens with zero attached hydrogens (tertiary/aromatic N) is 2. The molecule has 0 saturated heterocycles. The Morgan fingerprint density at radius 1 is 1.24 bits per heavy atom. The monoisotopic (exact) mass is 481 g/mol. The minimum absolute atomic E-state index is 0.00650. The lowest BCUT2D eigenvalue weighted by Gasteiger charge is -2.36. The first-order valence-corrected chi connectivity index (χ1v) is 13.2. The Kier molecular flexibility index (Phi) is 7.89. The second-order valence-electron chi connectivity index (χ2n) is 9.38. The highest BCUT2D eigenvalue weighted by Gasteiger charge is 2.33. The van der Waals surface area contributed by atoms with Crippen LogP contribution >= 0.6 is 0 Å². The summed E-state index contributed by atoms with van der Waals surface area (Å²) in [5.41, 5.74) is 0.525. The lowest BCUT2D eigenvalue weighted by atomic mass is 10.0. The molecule has 3 rings (SSSR count). The van der Waals surface area contributed by atoms with E-state index >= 15 is 0 Å². The molecule has 2 amide bonds. The van der Waals surface area contributed by atoms with Crippen LogP contribution in [0.15, 0.2) is 18.2 Å². The number of hydrogen-bond donors (Lipinski definition) is 1. The molecule has 9 nitrogen and oxygen atoms in total. The fourth-order valence-corrected chi connectivity index (χ4v) is 4.64. The van der Waals surface area contributed by atoms with Crippen LogP contribution in [0.3, 0.4) is 0 Å². The number of fused-ring (bicyclic) bond motifs is 1. The normalized spacial score (nSPS) is 24.9. The molecule has 33 heavy (non-hydrogen) atoms. The van der Waals surface area contributed by atoms with Crippen molar-refractivity contribution in [1.82, 2.24) is 9.80 Å². The molecule has 1 saturated carbocycles. The molecule has 0 radical (unpaired) electrons. The fourth-order valence-electron chi connectivity index (χ4n) is 4.09. The number of anilines is 1. The van der Waals surface area contributed by atoms with E-state index in [1.54, 1.807) is 31.2 Å². The van der Waals surface area contributed by atoms with Crippen LogP contribution in [-0.4, -0.2) is 82.3 Å². The van der Waals surface area contributed by atoms with Gasteiger partial charge in [0.25, 0.3) is 5.91 Å². The van der Waals surface area contributed by atoms with Gasteiger partial charge in [0, 0.05) is 45.3 Å². The third-order valence-corrected chi connectivity index (χ3v) is 6.83. The van der Waals surface area contributed by atoms with E-state index < -0.39 is 10.0 Å². The molecule has 0 spiro atoms. The van der Waals surface area contributed by atoms with Crippen LogP contribution in [-0.2, 0) is 19.6 Å². The maximum atomic E-state index is 13.3. The van der Waals surface area contributed by atoms with Crippen molar-refractivity contribution in [2.45, 2.75) is 45.3 Å². The van der Waals surface area contributed by atoms with Crippen molar-refractivity contribution in [3.63, 3.8) is 0 Å². The van der Waals surface area contributed by atoms with E-state index in [2.05, 4.69) is 4.72 Å². The van der Waals surface area contributed by atoms with Crippen LogP contribution in [0.1, 0.15) is 43.5 Å². The van der Waals surface area contributed by atoms with Gasteiger partial charge in [-0.15, -0.1) is 0 Å². The van der Waals surface area contributed by atoms with Crippen LogP contribution in [0, 0.1) is 11.8 Å². The van der Waals surface area contributed by atoms with Gasteiger partial charge in [-0.25, -0.2) is 8.42 Å². The first-order chi connectivity index (χ1) is 15.5. The van der Waals surface area contributed by atoms with Gasteiger partial charge >= 0.3 is 0 Å². The van der Waals surface area contributed by atoms with Crippen molar-refractivity contribution >= 4 is 27.5 Å². The van der Waals surface area contributed by atoms with Gasteiger partial charge in [-0.05, 0) is 43.9 Å². The average molecular weight is 482 g/mol. The predicted molar refractivity (Wildman–Crippen MR) is 126 cm³/mol. The van der Waals surface area contributed by atoms with E-state index in [0.717, 1.165) is 19.1 Å². The largest absolute Gasteiger partial charge is 0.491 e. The molecule has 1 aromatic rings. The first kappa shape index (κ1) is 25.3. The Hall–Kier alpha value is -2.33. The van der Waals surface area contributed by atoms with E-state index in [0.29, 0.717) is 31.2 Å². The SMILES string of the molecule is CO[C@@H]1CN(C)C(=O)c2cc(NS(C)(=O)=O)ccc2OC[C@H](C)N(C(=O)CC2CC2)C[C@@H]1C. The molecular formula is C23H35N3O6S. The van der Waals surface area contributed by atoms with Gasteiger partial charge in [0.05, 0.1) is 24.0 Å². The Balaban J connectivity index is 1.94. The number of benzene rings is 1. The number of hydrogen-bond acceptors (Lipinski definition) is 6. The van der Waals surface area contributed by atoms with Gasteiger partial charge in [-0.1, -0.05) is 6.92 Å². The van der Waals surface area contributed by atoms with Crippen LogP contribution in [0.5, 0.6) is 5.75 Å². The van der Waals surface area contributed by atoms with Crippen LogP contribution in [0.2, 0.25) is 0 Å². The summed E-state index contributed by atoms with van der Waals surface area (Å²) in [5.74, 6) is 0.629. The minimum Gasteiger partial charge on any atom is -0.491 e. The van der Waals surface area contributed by atoms with Crippen molar-refractivity contribution in [3.8, 4) is 5.75 Å². The molecule has 3 atom stereocenters. The second-order valence-corrected chi connectivity index (χ2v) is 11.1. The molecule has 10 heteroatoms. The molecule has 1 aliphatic heterocycles. The van der Waals surface area contributed by atoms with Gasteiger partial charge < -0.3 is 19.3 Å². The smallest absolute Gasteiger partial charge is 0.257 e. The van der Waals surface area contributed by atoms with Crippen molar-refractivity contribution < 1.29 is 27.5 Å². The molecule has 1 aliphatic carbocycles. The Morgan fingerprint density at radius 3 is 2.55 bits per heavy atom. The van der Waals surface area contributed by atoms with Gasteiger partial charge in [-0.3, -0.25) is 14.3 Å². The fraction of sp³-hybridized carbons (Fsp3) is 0.652. The lowest BCUT2D eigenvalue weighted by molar-refractivity contribution is -0.135. The van der Waals surface area contributed by atoms with Crippen LogP contribution in [0.25, 0.3) is 0 Å².